The van der Waals surface area contributed by atoms with Crippen LogP contribution in [0.1, 0.15) is 41.0 Å². The van der Waals surface area contributed by atoms with Crippen molar-refractivity contribution < 1.29 is 44.7 Å². The molecule has 0 aliphatic rings. The van der Waals surface area contributed by atoms with Crippen molar-refractivity contribution in [1.82, 2.24) is 0 Å². The van der Waals surface area contributed by atoms with Crippen molar-refractivity contribution in [3.63, 3.8) is 0 Å². The summed E-state index contributed by atoms with van der Waals surface area (Å²) in [6, 6.07) is 0. The maximum Gasteiger partial charge on any atom is 0.381 e. The lowest BCUT2D eigenvalue weighted by molar-refractivity contribution is -0.344. The molecule has 0 aromatic heterocycles. The molecule has 0 N–H and O–H groups in total. The van der Waals surface area contributed by atoms with Gasteiger partial charge in [-0.15, -0.1) is 0 Å². The van der Waals surface area contributed by atoms with Crippen LogP contribution in [0.15, 0.2) is 0 Å². The molecular formula is C15H22F8O2. The molecule has 0 radical (unpaired) electrons. The van der Waals surface area contributed by atoms with E-state index >= 15 is 0 Å². The van der Waals surface area contributed by atoms with Crippen LogP contribution in [-0.4, -0.2) is 36.8 Å². The van der Waals surface area contributed by atoms with Gasteiger partial charge in [0.1, 0.15) is 0 Å². The molecule has 0 heterocycles. The van der Waals surface area contributed by atoms with E-state index in [1.807, 2.05) is 0 Å². The Morgan fingerprint density at radius 2 is 1.40 bits per heavy atom. The van der Waals surface area contributed by atoms with Crippen LogP contribution >= 0.6 is 0 Å². The Bertz CT molecular complexity index is 462. The number of rotatable bonds is 9. The fourth-order valence-corrected chi connectivity index (χ4v) is 2.20. The third kappa shape index (κ3) is 4.75. The molecule has 0 aliphatic carbocycles. The van der Waals surface area contributed by atoms with Crippen molar-refractivity contribution in [1.29, 1.82) is 0 Å². The Balaban J connectivity index is 5.36. The van der Waals surface area contributed by atoms with Gasteiger partial charge in [0, 0.05) is 0 Å². The first-order valence-corrected chi connectivity index (χ1v) is 7.52. The molecule has 150 valence electrons. The largest absolute Gasteiger partial charge is 0.459 e. The molecule has 0 saturated heterocycles. The topological polar surface area (TPSA) is 26.3 Å². The molecule has 0 aliphatic heterocycles. The summed E-state index contributed by atoms with van der Waals surface area (Å²) in [6.45, 7) is 5.52. The first-order valence-electron chi connectivity index (χ1n) is 7.52. The van der Waals surface area contributed by atoms with Gasteiger partial charge >= 0.3 is 30.2 Å². The van der Waals surface area contributed by atoms with E-state index in [0.29, 0.717) is 0 Å². The Kier molecular flexibility index (Phi) is 7.32. The molecule has 0 rings (SSSR count). The average Bonchev–Trinajstić information content (AvgIpc) is 2.42. The first kappa shape index (κ1) is 23.9. The van der Waals surface area contributed by atoms with Gasteiger partial charge in [-0.3, -0.25) is 4.79 Å². The molecule has 0 saturated carbocycles. The third-order valence-electron chi connectivity index (χ3n) is 4.11. The van der Waals surface area contributed by atoms with Crippen molar-refractivity contribution >= 4 is 5.97 Å². The highest BCUT2D eigenvalue weighted by atomic mass is 19.4. The van der Waals surface area contributed by atoms with Gasteiger partial charge in [0.2, 0.25) is 0 Å². The van der Waals surface area contributed by atoms with Gasteiger partial charge in [-0.1, -0.05) is 27.7 Å². The number of carbonyl (C=O) groups excluding carboxylic acids is 1. The molecule has 0 bridgehead atoms. The summed E-state index contributed by atoms with van der Waals surface area (Å²) in [5.74, 6) is -20.1. The Hall–Kier alpha value is -1.09. The third-order valence-corrected chi connectivity index (χ3v) is 4.11. The maximum atomic E-state index is 13.4. The van der Waals surface area contributed by atoms with E-state index in [9.17, 15) is 39.9 Å². The van der Waals surface area contributed by atoms with Crippen LogP contribution in [0.25, 0.3) is 0 Å². The van der Waals surface area contributed by atoms with Crippen molar-refractivity contribution in [3.8, 4) is 0 Å². The second kappa shape index (κ2) is 7.65. The lowest BCUT2D eigenvalue weighted by Crippen LogP contribution is -2.59. The monoisotopic (exact) mass is 386 g/mol. The van der Waals surface area contributed by atoms with Crippen LogP contribution in [0.4, 0.5) is 35.1 Å². The van der Waals surface area contributed by atoms with E-state index in [2.05, 4.69) is 4.74 Å². The van der Waals surface area contributed by atoms with Gasteiger partial charge in [-0.2, -0.15) is 26.3 Å². The molecule has 25 heavy (non-hydrogen) atoms. The van der Waals surface area contributed by atoms with Crippen molar-refractivity contribution in [2.75, 3.05) is 6.61 Å². The predicted octanol–water partition coefficient (Wildman–Crippen LogP) is 5.41. The number of ether oxygens (including phenoxy) is 1. The van der Waals surface area contributed by atoms with Crippen molar-refractivity contribution in [3.05, 3.63) is 0 Å². The van der Waals surface area contributed by atoms with Gasteiger partial charge in [0.25, 0.3) is 0 Å². The molecule has 0 fully saturated rings. The van der Waals surface area contributed by atoms with Gasteiger partial charge in [-0.05, 0) is 25.2 Å². The minimum Gasteiger partial charge on any atom is -0.459 e. The highest BCUT2D eigenvalue weighted by Crippen LogP contribution is 2.49. The Morgan fingerprint density at radius 3 is 1.72 bits per heavy atom. The van der Waals surface area contributed by atoms with E-state index < -0.39 is 48.1 Å². The van der Waals surface area contributed by atoms with Gasteiger partial charge in [-0.25, -0.2) is 8.78 Å². The summed E-state index contributed by atoms with van der Waals surface area (Å²) < 4.78 is 107. The molecule has 0 amide bonds. The minimum atomic E-state index is -6.39. The highest BCUT2D eigenvalue weighted by molar-refractivity contribution is 5.76. The number of hydrogen-bond donors (Lipinski definition) is 0. The summed E-state index contributed by atoms with van der Waals surface area (Å²) in [6.07, 6.45) is -4.84. The normalized spacial score (nSPS) is 16.5. The molecule has 0 aromatic carbocycles. The van der Waals surface area contributed by atoms with Crippen molar-refractivity contribution in [2.24, 2.45) is 17.3 Å². The molecule has 0 aromatic rings. The minimum absolute atomic E-state index is 0.0786. The first-order chi connectivity index (χ1) is 10.9. The quantitative estimate of drug-likeness (QED) is 0.391. The fourth-order valence-electron chi connectivity index (χ4n) is 2.20. The molecule has 2 nitrogen and oxygen atoms in total. The van der Waals surface area contributed by atoms with E-state index in [1.54, 1.807) is 27.7 Å². The van der Waals surface area contributed by atoms with Gasteiger partial charge in [0.05, 0.1) is 5.41 Å². The predicted molar refractivity (Wildman–Crippen MR) is 74.2 cm³/mol. The lowest BCUT2D eigenvalue weighted by Gasteiger charge is -2.35. The van der Waals surface area contributed by atoms with Crippen LogP contribution in [0.2, 0.25) is 0 Å². The zero-order chi connectivity index (χ0) is 20.4. The summed E-state index contributed by atoms with van der Waals surface area (Å²) in [5.41, 5.74) is -1.33. The summed E-state index contributed by atoms with van der Waals surface area (Å²) in [5, 5.41) is 0. The number of alkyl halides is 8. The fraction of sp³-hybridized carbons (Fsp3) is 0.933. The van der Waals surface area contributed by atoms with Crippen LogP contribution < -0.4 is 0 Å². The summed E-state index contributed by atoms with van der Waals surface area (Å²) in [4.78, 5) is 12.1. The number of esters is 1. The Morgan fingerprint density at radius 1 is 0.960 bits per heavy atom. The molecule has 1 atom stereocenters. The van der Waals surface area contributed by atoms with Crippen LogP contribution in [0.5, 0.6) is 0 Å². The van der Waals surface area contributed by atoms with E-state index in [0.717, 1.165) is 0 Å². The highest BCUT2D eigenvalue weighted by Gasteiger charge is 2.75. The van der Waals surface area contributed by atoms with E-state index in [4.69, 9.17) is 0 Å². The zero-order valence-electron chi connectivity index (χ0n) is 14.5. The lowest BCUT2D eigenvalue weighted by atomic mass is 9.73. The summed E-state index contributed by atoms with van der Waals surface area (Å²) >= 11 is 0. The standard InChI is InChI=1S/C15H22F8O2/c1-8(2)6-12(5,9(3)4)11(24)25-7-13(18,19)15(22,23)14(20,21)10(16)17/h8-10H,6-7H2,1-5H3. The molecule has 1 unspecified atom stereocenters. The second-order valence-corrected chi connectivity index (χ2v) is 6.95. The van der Waals surface area contributed by atoms with Gasteiger partial charge in [0.15, 0.2) is 6.61 Å². The zero-order valence-corrected chi connectivity index (χ0v) is 14.5. The van der Waals surface area contributed by atoms with Gasteiger partial charge < -0.3 is 4.74 Å². The van der Waals surface area contributed by atoms with E-state index in [1.165, 1.54) is 6.92 Å². The number of hydrogen-bond acceptors (Lipinski definition) is 2. The molecule has 0 spiro atoms. The van der Waals surface area contributed by atoms with Crippen molar-refractivity contribution in [2.45, 2.75) is 65.2 Å². The summed E-state index contributed by atoms with van der Waals surface area (Å²) in [7, 11) is 0. The SMILES string of the molecule is CC(C)CC(C)(C(=O)OCC(F)(F)C(F)(F)C(F)(F)C(F)F)C(C)C. The maximum absolute atomic E-state index is 13.4. The number of halogens is 8. The Labute approximate surface area is 140 Å². The van der Waals surface area contributed by atoms with E-state index in [-0.39, 0.29) is 12.3 Å². The molecular weight excluding hydrogens is 364 g/mol. The van der Waals surface area contributed by atoms with Crippen LogP contribution in [0, 0.1) is 17.3 Å². The number of carbonyl (C=O) groups is 1. The smallest absolute Gasteiger partial charge is 0.381 e. The van der Waals surface area contributed by atoms with Crippen LogP contribution in [-0.2, 0) is 9.53 Å². The molecule has 10 heteroatoms. The van der Waals surface area contributed by atoms with Crippen LogP contribution in [0.3, 0.4) is 0 Å². The average molecular weight is 386 g/mol. The second-order valence-electron chi connectivity index (χ2n) is 6.95.